The molecule has 20 heavy (non-hydrogen) atoms. The maximum Gasteiger partial charge on any atom is 0.265 e. The van der Waals surface area contributed by atoms with E-state index in [-0.39, 0.29) is 6.54 Å². The summed E-state index contributed by atoms with van der Waals surface area (Å²) in [6, 6.07) is 10.4. The van der Waals surface area contributed by atoms with Crippen LogP contribution in [0.5, 0.6) is 0 Å². The molecule has 2 rings (SSSR count). The Kier molecular flexibility index (Phi) is 3.77. The monoisotopic (exact) mass is 270 g/mol. The first-order chi connectivity index (χ1) is 9.58. The van der Waals surface area contributed by atoms with Gasteiger partial charge in [0.2, 0.25) is 5.91 Å². The molecule has 7 heteroatoms. The molecule has 2 aromatic rings. The van der Waals surface area contributed by atoms with Crippen LogP contribution in [0.4, 0.5) is 5.69 Å². The highest BCUT2D eigenvalue weighted by Gasteiger charge is 2.05. The maximum absolute atomic E-state index is 11.7. The number of anilines is 1. The van der Waals surface area contributed by atoms with Crippen molar-refractivity contribution in [3.8, 4) is 6.07 Å². The second kappa shape index (κ2) is 5.67. The van der Waals surface area contributed by atoms with Crippen LogP contribution in [-0.4, -0.2) is 15.7 Å². The summed E-state index contributed by atoms with van der Waals surface area (Å²) in [5, 5.41) is 13.5. The van der Waals surface area contributed by atoms with E-state index in [1.54, 1.807) is 24.3 Å². The average Bonchev–Trinajstić information content (AvgIpc) is 2.43. The number of hydrogen-bond donors (Lipinski definition) is 2. The zero-order valence-electron chi connectivity index (χ0n) is 10.3. The molecule has 0 aliphatic rings. The molecular formula is C13H10N4O3. The number of amides is 1. The van der Waals surface area contributed by atoms with E-state index in [2.05, 4.69) is 10.4 Å². The van der Waals surface area contributed by atoms with Crippen molar-refractivity contribution < 1.29 is 4.79 Å². The molecule has 1 amide bonds. The Balaban J connectivity index is 2.09. The van der Waals surface area contributed by atoms with E-state index in [4.69, 9.17) is 5.26 Å². The highest BCUT2D eigenvalue weighted by molar-refractivity contribution is 5.90. The second-order valence-electron chi connectivity index (χ2n) is 3.97. The fourth-order valence-electron chi connectivity index (χ4n) is 1.55. The summed E-state index contributed by atoms with van der Waals surface area (Å²) in [5.41, 5.74) is 0.0438. The van der Waals surface area contributed by atoms with Gasteiger partial charge >= 0.3 is 0 Å². The largest absolute Gasteiger partial charge is 0.324 e. The molecule has 0 saturated carbocycles. The minimum absolute atomic E-state index is 0.297. The Morgan fingerprint density at radius 2 is 1.90 bits per heavy atom. The number of benzene rings is 1. The molecule has 0 radical (unpaired) electrons. The number of aromatic amines is 1. The van der Waals surface area contributed by atoms with E-state index >= 15 is 0 Å². The van der Waals surface area contributed by atoms with Crippen molar-refractivity contribution >= 4 is 11.6 Å². The Labute approximate surface area is 113 Å². The molecule has 1 heterocycles. The van der Waals surface area contributed by atoms with Gasteiger partial charge in [0.15, 0.2) is 0 Å². The molecule has 0 aliphatic carbocycles. The normalized spacial score (nSPS) is 9.75. The SMILES string of the molecule is N#Cc1ccc(NC(=O)Cn2[nH]c(=O)ccc2=O)cc1. The molecule has 0 unspecified atom stereocenters. The van der Waals surface area contributed by atoms with Crippen molar-refractivity contribution in [3.05, 3.63) is 62.7 Å². The van der Waals surface area contributed by atoms with E-state index in [0.717, 1.165) is 16.8 Å². The summed E-state index contributed by atoms with van der Waals surface area (Å²) >= 11 is 0. The molecule has 100 valence electrons. The molecule has 1 aromatic heterocycles. The Hall–Kier alpha value is -3.14. The van der Waals surface area contributed by atoms with E-state index < -0.39 is 17.0 Å². The minimum atomic E-state index is -0.473. The third kappa shape index (κ3) is 3.20. The molecule has 0 aliphatic heterocycles. The number of aromatic nitrogens is 2. The fourth-order valence-corrected chi connectivity index (χ4v) is 1.55. The van der Waals surface area contributed by atoms with Crippen molar-refractivity contribution in [2.75, 3.05) is 5.32 Å². The summed E-state index contributed by atoms with van der Waals surface area (Å²) < 4.78 is 0.918. The van der Waals surface area contributed by atoms with Crippen molar-refractivity contribution in [2.24, 2.45) is 0 Å². The van der Waals surface area contributed by atoms with Gasteiger partial charge in [0.25, 0.3) is 11.1 Å². The Morgan fingerprint density at radius 1 is 1.20 bits per heavy atom. The zero-order valence-corrected chi connectivity index (χ0v) is 10.3. The quantitative estimate of drug-likeness (QED) is 0.821. The first kappa shape index (κ1) is 13.3. The van der Waals surface area contributed by atoms with Gasteiger partial charge in [-0.05, 0) is 24.3 Å². The van der Waals surface area contributed by atoms with E-state index in [0.29, 0.717) is 11.3 Å². The lowest BCUT2D eigenvalue weighted by molar-refractivity contribution is -0.117. The Bertz CT molecular complexity index is 781. The van der Waals surface area contributed by atoms with Crippen LogP contribution < -0.4 is 16.4 Å². The fraction of sp³-hybridized carbons (Fsp3) is 0.0769. The van der Waals surface area contributed by atoms with Gasteiger partial charge in [-0.2, -0.15) is 5.26 Å². The van der Waals surface area contributed by atoms with E-state index in [1.165, 1.54) is 0 Å². The van der Waals surface area contributed by atoms with Gasteiger partial charge in [-0.3, -0.25) is 19.5 Å². The van der Waals surface area contributed by atoms with Crippen LogP contribution in [0.1, 0.15) is 5.56 Å². The smallest absolute Gasteiger partial charge is 0.265 e. The molecule has 1 aromatic carbocycles. The first-order valence-electron chi connectivity index (χ1n) is 5.69. The van der Waals surface area contributed by atoms with Gasteiger partial charge in [-0.25, -0.2) is 4.68 Å². The van der Waals surface area contributed by atoms with Crippen LogP contribution in [0.15, 0.2) is 46.0 Å². The lowest BCUT2D eigenvalue weighted by Gasteiger charge is -2.06. The van der Waals surface area contributed by atoms with Crippen LogP contribution in [0, 0.1) is 11.3 Å². The van der Waals surface area contributed by atoms with E-state index in [9.17, 15) is 14.4 Å². The molecule has 0 saturated heterocycles. The molecule has 0 bridgehead atoms. The summed E-state index contributed by atoms with van der Waals surface area (Å²) in [7, 11) is 0. The third-order valence-electron chi connectivity index (χ3n) is 2.49. The van der Waals surface area contributed by atoms with Crippen LogP contribution in [0.25, 0.3) is 0 Å². The van der Waals surface area contributed by atoms with Crippen molar-refractivity contribution in [3.63, 3.8) is 0 Å². The topological polar surface area (TPSA) is 108 Å². The molecule has 0 atom stereocenters. The molecule has 2 N–H and O–H groups in total. The summed E-state index contributed by atoms with van der Waals surface area (Å²) in [6.45, 7) is -0.297. The molecule has 7 nitrogen and oxygen atoms in total. The molecule has 0 fully saturated rings. The predicted octanol–water partition coefficient (Wildman–Crippen LogP) is 0.0470. The van der Waals surface area contributed by atoms with Gasteiger partial charge in [0.1, 0.15) is 6.54 Å². The van der Waals surface area contributed by atoms with Crippen LogP contribution in [-0.2, 0) is 11.3 Å². The second-order valence-corrected chi connectivity index (χ2v) is 3.97. The van der Waals surface area contributed by atoms with Gasteiger partial charge < -0.3 is 5.32 Å². The maximum atomic E-state index is 11.7. The van der Waals surface area contributed by atoms with Crippen molar-refractivity contribution in [1.82, 2.24) is 9.78 Å². The van der Waals surface area contributed by atoms with Crippen LogP contribution >= 0.6 is 0 Å². The number of carbonyl (C=O) groups excluding carboxylic acids is 1. The predicted molar refractivity (Wildman–Crippen MR) is 71.1 cm³/mol. The lowest BCUT2D eigenvalue weighted by atomic mass is 10.2. The zero-order chi connectivity index (χ0) is 14.5. The third-order valence-corrected chi connectivity index (χ3v) is 2.49. The number of carbonyl (C=O) groups is 1. The molecule has 0 spiro atoms. The summed E-state index contributed by atoms with van der Waals surface area (Å²) in [5.74, 6) is -0.460. The number of hydrogen-bond acceptors (Lipinski definition) is 4. The highest BCUT2D eigenvalue weighted by Crippen LogP contribution is 2.08. The van der Waals surface area contributed by atoms with E-state index in [1.807, 2.05) is 6.07 Å². The summed E-state index contributed by atoms with van der Waals surface area (Å²) in [6.07, 6.45) is 0. The number of nitrogens with zero attached hydrogens (tertiary/aromatic N) is 2. The van der Waals surface area contributed by atoms with Crippen LogP contribution in [0.3, 0.4) is 0 Å². The van der Waals surface area contributed by atoms with Gasteiger partial charge in [0.05, 0.1) is 11.6 Å². The first-order valence-corrected chi connectivity index (χ1v) is 5.69. The number of rotatable bonds is 3. The average molecular weight is 270 g/mol. The van der Waals surface area contributed by atoms with Crippen LogP contribution in [0.2, 0.25) is 0 Å². The van der Waals surface area contributed by atoms with Gasteiger partial charge in [-0.1, -0.05) is 0 Å². The number of H-pyrrole nitrogens is 1. The van der Waals surface area contributed by atoms with Crippen molar-refractivity contribution in [2.45, 2.75) is 6.54 Å². The van der Waals surface area contributed by atoms with Gasteiger partial charge in [0, 0.05) is 17.8 Å². The summed E-state index contributed by atoms with van der Waals surface area (Å²) in [4.78, 5) is 34.2. The minimum Gasteiger partial charge on any atom is -0.324 e. The standard InChI is InChI=1S/C13H10N4O3/c14-7-9-1-3-10(4-2-9)15-12(19)8-17-13(20)6-5-11(18)16-17/h1-6H,8H2,(H,15,19)(H,16,18). The number of nitrogens with one attached hydrogen (secondary N) is 2. The highest BCUT2D eigenvalue weighted by atomic mass is 16.2. The molecular weight excluding hydrogens is 260 g/mol. The van der Waals surface area contributed by atoms with Crippen molar-refractivity contribution in [1.29, 1.82) is 5.26 Å². The number of nitriles is 1. The lowest BCUT2D eigenvalue weighted by Crippen LogP contribution is -2.32. The Morgan fingerprint density at radius 3 is 2.55 bits per heavy atom. The van der Waals surface area contributed by atoms with Gasteiger partial charge in [-0.15, -0.1) is 0 Å².